The third-order valence-electron chi connectivity index (χ3n) is 5.80. The summed E-state index contributed by atoms with van der Waals surface area (Å²) < 4.78 is 32.7. The molecule has 1 heterocycles. The molecule has 7 nitrogen and oxygen atoms in total. The summed E-state index contributed by atoms with van der Waals surface area (Å²) in [5, 5.41) is 0. The highest BCUT2D eigenvalue weighted by molar-refractivity contribution is 7.89. The molecule has 0 aromatic heterocycles. The number of nitrogens with zero attached hydrogens (tertiary/aromatic N) is 3. The van der Waals surface area contributed by atoms with Crippen molar-refractivity contribution in [2.45, 2.75) is 32.2 Å². The van der Waals surface area contributed by atoms with Crippen molar-refractivity contribution in [3.8, 4) is 5.75 Å². The number of sulfonamides is 1. The van der Waals surface area contributed by atoms with Gasteiger partial charge in [-0.05, 0) is 62.0 Å². The molecule has 0 N–H and O–H groups in total. The fourth-order valence-corrected chi connectivity index (χ4v) is 5.22. The number of ether oxygens (including phenoxy) is 1. The Morgan fingerprint density at radius 3 is 2.03 bits per heavy atom. The zero-order chi connectivity index (χ0) is 23.1. The lowest BCUT2D eigenvalue weighted by atomic mass is 10.1. The van der Waals surface area contributed by atoms with Gasteiger partial charge in [0.1, 0.15) is 5.75 Å². The highest BCUT2D eigenvalue weighted by Crippen LogP contribution is 2.21. The van der Waals surface area contributed by atoms with E-state index >= 15 is 0 Å². The molecule has 0 bridgehead atoms. The van der Waals surface area contributed by atoms with Crippen LogP contribution in [0.25, 0.3) is 0 Å². The fraction of sp³-hybridized carbons (Fsp3) is 0.458. The largest absolute Gasteiger partial charge is 0.494 e. The normalized spacial score (nSPS) is 15.2. The first-order valence-corrected chi connectivity index (χ1v) is 12.7. The zero-order valence-corrected chi connectivity index (χ0v) is 20.0. The number of carbonyl (C=O) groups is 1. The lowest BCUT2D eigenvalue weighted by Crippen LogP contribution is -2.50. The number of carbonyl (C=O) groups excluding carboxylic acids is 1. The molecule has 0 spiro atoms. The van der Waals surface area contributed by atoms with Crippen LogP contribution in [0.15, 0.2) is 53.4 Å². The van der Waals surface area contributed by atoms with E-state index in [1.807, 2.05) is 31.2 Å². The van der Waals surface area contributed by atoms with Gasteiger partial charge in [-0.1, -0.05) is 26.0 Å². The molecule has 32 heavy (non-hydrogen) atoms. The van der Waals surface area contributed by atoms with Gasteiger partial charge in [-0.15, -0.1) is 0 Å². The van der Waals surface area contributed by atoms with Gasteiger partial charge in [0.25, 0.3) is 5.91 Å². The second-order valence-electron chi connectivity index (χ2n) is 7.76. The molecule has 0 unspecified atom stereocenters. The van der Waals surface area contributed by atoms with Crippen molar-refractivity contribution in [1.82, 2.24) is 14.1 Å². The second-order valence-corrected chi connectivity index (χ2v) is 9.70. The molecule has 0 radical (unpaired) electrons. The Balaban J connectivity index is 1.59. The monoisotopic (exact) mass is 459 g/mol. The van der Waals surface area contributed by atoms with E-state index in [0.717, 1.165) is 19.6 Å². The SMILES string of the molecule is CCOc1ccc(S(=O)(=O)N2CCN(C(=O)c3ccc(CN(CC)CC)cc3)CC2)cc1. The predicted molar refractivity (Wildman–Crippen MR) is 125 cm³/mol. The second kappa shape index (κ2) is 10.9. The van der Waals surface area contributed by atoms with Crippen LogP contribution >= 0.6 is 0 Å². The summed E-state index contributed by atoms with van der Waals surface area (Å²) in [6, 6.07) is 14.2. The summed E-state index contributed by atoms with van der Waals surface area (Å²) in [6.45, 7) is 10.8. The molecular formula is C24H33N3O4S. The topological polar surface area (TPSA) is 70.2 Å². The van der Waals surface area contributed by atoms with Crippen molar-refractivity contribution < 1.29 is 17.9 Å². The van der Waals surface area contributed by atoms with Crippen molar-refractivity contribution >= 4 is 15.9 Å². The summed E-state index contributed by atoms with van der Waals surface area (Å²) in [6.07, 6.45) is 0. The van der Waals surface area contributed by atoms with Gasteiger partial charge in [0.15, 0.2) is 0 Å². The minimum absolute atomic E-state index is 0.0579. The fourth-order valence-electron chi connectivity index (χ4n) is 3.80. The number of hydrogen-bond donors (Lipinski definition) is 0. The summed E-state index contributed by atoms with van der Waals surface area (Å²) in [5.41, 5.74) is 1.81. The highest BCUT2D eigenvalue weighted by Gasteiger charge is 2.30. The molecule has 0 aliphatic carbocycles. The van der Waals surface area contributed by atoms with Gasteiger partial charge in [-0.25, -0.2) is 8.42 Å². The molecule has 1 saturated heterocycles. The lowest BCUT2D eigenvalue weighted by Gasteiger charge is -2.34. The smallest absolute Gasteiger partial charge is 0.253 e. The van der Waals surface area contributed by atoms with E-state index in [9.17, 15) is 13.2 Å². The van der Waals surface area contributed by atoms with E-state index < -0.39 is 10.0 Å². The Morgan fingerprint density at radius 2 is 1.50 bits per heavy atom. The Labute approximate surface area is 191 Å². The van der Waals surface area contributed by atoms with Crippen LogP contribution in [0.1, 0.15) is 36.7 Å². The Bertz CT molecular complexity index is 979. The van der Waals surface area contributed by atoms with E-state index in [1.165, 1.54) is 9.87 Å². The number of piperazine rings is 1. The van der Waals surface area contributed by atoms with Gasteiger partial charge in [-0.2, -0.15) is 4.31 Å². The third kappa shape index (κ3) is 5.68. The van der Waals surface area contributed by atoms with Gasteiger partial charge >= 0.3 is 0 Å². The van der Waals surface area contributed by atoms with Crippen molar-refractivity contribution in [2.75, 3.05) is 45.9 Å². The standard InChI is InChI=1S/C24H33N3O4S/c1-4-25(5-2)19-20-7-9-21(10-8-20)24(28)26-15-17-27(18-16-26)32(29,30)23-13-11-22(12-14-23)31-6-3/h7-14H,4-6,15-19H2,1-3H3. The molecule has 1 amide bonds. The van der Waals surface area contributed by atoms with Crippen LogP contribution in [0, 0.1) is 0 Å². The maximum absolute atomic E-state index is 13.0. The predicted octanol–water partition coefficient (Wildman–Crippen LogP) is 3.07. The molecule has 1 fully saturated rings. The molecule has 1 aliphatic heterocycles. The Kier molecular flexibility index (Phi) is 8.28. The molecule has 3 rings (SSSR count). The van der Waals surface area contributed by atoms with Gasteiger partial charge in [0.05, 0.1) is 11.5 Å². The molecular weight excluding hydrogens is 426 g/mol. The molecule has 174 valence electrons. The van der Waals surface area contributed by atoms with E-state index in [0.29, 0.717) is 31.0 Å². The Morgan fingerprint density at radius 1 is 0.906 bits per heavy atom. The van der Waals surface area contributed by atoms with Crippen LogP contribution in [-0.2, 0) is 16.6 Å². The van der Waals surface area contributed by atoms with E-state index in [2.05, 4.69) is 18.7 Å². The van der Waals surface area contributed by atoms with Crippen molar-refractivity contribution in [3.05, 3.63) is 59.7 Å². The first kappa shape index (κ1) is 24.2. The molecule has 2 aromatic carbocycles. The highest BCUT2D eigenvalue weighted by atomic mass is 32.2. The lowest BCUT2D eigenvalue weighted by molar-refractivity contribution is 0.0698. The average Bonchev–Trinajstić information content (AvgIpc) is 2.83. The molecule has 0 atom stereocenters. The van der Waals surface area contributed by atoms with Crippen molar-refractivity contribution in [2.24, 2.45) is 0 Å². The van der Waals surface area contributed by atoms with Crippen molar-refractivity contribution in [1.29, 1.82) is 0 Å². The molecule has 1 aliphatic rings. The maximum Gasteiger partial charge on any atom is 0.253 e. The quantitative estimate of drug-likeness (QED) is 0.576. The first-order chi connectivity index (χ1) is 15.4. The van der Waals surface area contributed by atoms with Crippen LogP contribution < -0.4 is 4.74 Å². The number of benzene rings is 2. The summed E-state index contributed by atoms with van der Waals surface area (Å²) in [5.74, 6) is 0.586. The van der Waals surface area contributed by atoms with Crippen LogP contribution in [0.2, 0.25) is 0 Å². The molecule has 2 aromatic rings. The van der Waals surface area contributed by atoms with E-state index in [4.69, 9.17) is 4.74 Å². The molecule has 0 saturated carbocycles. The minimum Gasteiger partial charge on any atom is -0.494 e. The van der Waals surface area contributed by atoms with Crippen LogP contribution in [0.4, 0.5) is 0 Å². The van der Waals surface area contributed by atoms with Gasteiger partial charge in [0.2, 0.25) is 10.0 Å². The summed E-state index contributed by atoms with van der Waals surface area (Å²) in [4.78, 5) is 17.2. The van der Waals surface area contributed by atoms with Crippen molar-refractivity contribution in [3.63, 3.8) is 0 Å². The van der Waals surface area contributed by atoms with Crippen LogP contribution in [0.3, 0.4) is 0 Å². The number of amides is 1. The average molecular weight is 460 g/mol. The minimum atomic E-state index is -3.59. The van der Waals surface area contributed by atoms with Crippen LogP contribution in [-0.4, -0.2) is 74.3 Å². The Hall–Kier alpha value is -2.42. The molecule has 8 heteroatoms. The van der Waals surface area contributed by atoms with Gasteiger partial charge in [0, 0.05) is 38.3 Å². The number of hydrogen-bond acceptors (Lipinski definition) is 5. The number of rotatable bonds is 9. The first-order valence-electron chi connectivity index (χ1n) is 11.2. The summed E-state index contributed by atoms with van der Waals surface area (Å²) in [7, 11) is -3.59. The zero-order valence-electron chi connectivity index (χ0n) is 19.2. The summed E-state index contributed by atoms with van der Waals surface area (Å²) >= 11 is 0. The van der Waals surface area contributed by atoms with Gasteiger partial charge in [-0.3, -0.25) is 9.69 Å². The maximum atomic E-state index is 13.0. The van der Waals surface area contributed by atoms with E-state index in [-0.39, 0.29) is 23.9 Å². The van der Waals surface area contributed by atoms with Gasteiger partial charge < -0.3 is 9.64 Å². The van der Waals surface area contributed by atoms with E-state index in [1.54, 1.807) is 29.2 Å². The third-order valence-corrected chi connectivity index (χ3v) is 7.71. The van der Waals surface area contributed by atoms with Crippen LogP contribution in [0.5, 0.6) is 5.75 Å².